The van der Waals surface area contributed by atoms with Gasteiger partial charge in [-0.05, 0) is 24.6 Å². The highest BCUT2D eigenvalue weighted by molar-refractivity contribution is 5.46. The van der Waals surface area contributed by atoms with Crippen molar-refractivity contribution >= 4 is 5.69 Å². The maximum Gasteiger partial charge on any atom is 0.122 e. The maximum absolute atomic E-state index is 5.86. The van der Waals surface area contributed by atoms with Crippen LogP contribution >= 0.6 is 0 Å². The van der Waals surface area contributed by atoms with Gasteiger partial charge < -0.3 is 10.5 Å². The minimum absolute atomic E-state index is 0.623. The molecule has 0 radical (unpaired) electrons. The molecule has 88 valence electrons. The summed E-state index contributed by atoms with van der Waals surface area (Å²) in [5, 5.41) is 0. The number of nitrogens with zero attached hydrogens (tertiary/aromatic N) is 1. The maximum atomic E-state index is 5.86. The van der Waals surface area contributed by atoms with Gasteiger partial charge in [-0.1, -0.05) is 18.2 Å². The molecule has 2 N–H and O–H groups in total. The molecular formula is C14H16N2O. The lowest BCUT2D eigenvalue weighted by Crippen LogP contribution is -2.04. The van der Waals surface area contributed by atoms with Crippen molar-refractivity contribution in [3.63, 3.8) is 0 Å². The number of ether oxygens (including phenoxy) is 1. The molecule has 0 fully saturated rings. The number of para-hydroxylation sites is 1. The fraction of sp³-hybridized carbons (Fsp3) is 0.214. The number of anilines is 1. The molecule has 1 heterocycles. The number of pyridine rings is 1. The van der Waals surface area contributed by atoms with Crippen LogP contribution in [0.25, 0.3) is 0 Å². The molecule has 0 aliphatic carbocycles. The minimum Gasteiger partial charge on any atom is -0.493 e. The first-order valence-corrected chi connectivity index (χ1v) is 5.64. The summed E-state index contributed by atoms with van der Waals surface area (Å²) in [6.45, 7) is 2.57. The number of aryl methyl sites for hydroxylation is 1. The molecule has 3 heteroatoms. The van der Waals surface area contributed by atoms with Gasteiger partial charge in [-0.25, -0.2) is 0 Å². The van der Waals surface area contributed by atoms with Crippen molar-refractivity contribution in [3.8, 4) is 5.75 Å². The largest absolute Gasteiger partial charge is 0.493 e. The zero-order valence-corrected chi connectivity index (χ0v) is 9.89. The van der Waals surface area contributed by atoms with Gasteiger partial charge in [-0.2, -0.15) is 0 Å². The SMILES string of the molecule is Cc1cc(OCCc2ccccc2N)ccn1. The Morgan fingerprint density at radius 2 is 2.06 bits per heavy atom. The predicted molar refractivity (Wildman–Crippen MR) is 69.0 cm³/mol. The zero-order chi connectivity index (χ0) is 12.1. The minimum atomic E-state index is 0.623. The number of benzene rings is 1. The van der Waals surface area contributed by atoms with Gasteiger partial charge in [0.15, 0.2) is 0 Å². The second-order valence-electron chi connectivity index (χ2n) is 3.93. The van der Waals surface area contributed by atoms with Crippen molar-refractivity contribution in [1.82, 2.24) is 4.98 Å². The molecule has 17 heavy (non-hydrogen) atoms. The van der Waals surface area contributed by atoms with E-state index in [2.05, 4.69) is 4.98 Å². The third-order valence-corrected chi connectivity index (χ3v) is 2.56. The molecular weight excluding hydrogens is 212 g/mol. The molecule has 0 saturated carbocycles. The molecule has 1 aromatic carbocycles. The van der Waals surface area contributed by atoms with Crippen molar-refractivity contribution < 1.29 is 4.74 Å². The summed E-state index contributed by atoms with van der Waals surface area (Å²) in [7, 11) is 0. The van der Waals surface area contributed by atoms with E-state index in [4.69, 9.17) is 10.5 Å². The highest BCUT2D eigenvalue weighted by atomic mass is 16.5. The summed E-state index contributed by atoms with van der Waals surface area (Å²) in [4.78, 5) is 4.12. The van der Waals surface area contributed by atoms with E-state index in [1.807, 2.05) is 43.3 Å². The summed E-state index contributed by atoms with van der Waals surface area (Å²) in [5.74, 6) is 0.854. The van der Waals surface area contributed by atoms with Gasteiger partial charge in [0.2, 0.25) is 0 Å². The van der Waals surface area contributed by atoms with Crippen LogP contribution in [0.5, 0.6) is 5.75 Å². The van der Waals surface area contributed by atoms with E-state index >= 15 is 0 Å². The summed E-state index contributed by atoms with van der Waals surface area (Å²) < 4.78 is 5.65. The van der Waals surface area contributed by atoms with Crippen LogP contribution in [-0.4, -0.2) is 11.6 Å². The standard InChI is InChI=1S/C14H16N2O/c1-11-10-13(6-8-16-11)17-9-7-12-4-2-3-5-14(12)15/h2-6,8,10H,7,9,15H2,1H3. The van der Waals surface area contributed by atoms with Crippen LogP contribution in [0.3, 0.4) is 0 Å². The zero-order valence-electron chi connectivity index (χ0n) is 9.89. The smallest absolute Gasteiger partial charge is 0.122 e. The van der Waals surface area contributed by atoms with Gasteiger partial charge in [0.05, 0.1) is 6.61 Å². The van der Waals surface area contributed by atoms with Gasteiger partial charge in [0, 0.05) is 30.1 Å². The van der Waals surface area contributed by atoms with Gasteiger partial charge in [-0.3, -0.25) is 4.98 Å². The molecule has 2 rings (SSSR count). The van der Waals surface area contributed by atoms with E-state index in [1.165, 1.54) is 0 Å². The first-order chi connectivity index (χ1) is 8.25. The quantitative estimate of drug-likeness (QED) is 0.818. The molecule has 0 amide bonds. The molecule has 0 bridgehead atoms. The van der Waals surface area contributed by atoms with Crippen LogP contribution in [-0.2, 0) is 6.42 Å². The topological polar surface area (TPSA) is 48.1 Å². The molecule has 0 spiro atoms. The highest BCUT2D eigenvalue weighted by Gasteiger charge is 1.99. The fourth-order valence-corrected chi connectivity index (χ4v) is 1.65. The van der Waals surface area contributed by atoms with Gasteiger partial charge >= 0.3 is 0 Å². The van der Waals surface area contributed by atoms with E-state index < -0.39 is 0 Å². The van der Waals surface area contributed by atoms with Crippen LogP contribution in [0.4, 0.5) is 5.69 Å². The summed E-state index contributed by atoms with van der Waals surface area (Å²) in [6, 6.07) is 11.6. The number of rotatable bonds is 4. The number of nitrogens with two attached hydrogens (primary N) is 1. The first-order valence-electron chi connectivity index (χ1n) is 5.64. The second-order valence-corrected chi connectivity index (χ2v) is 3.93. The third kappa shape index (κ3) is 3.21. The average molecular weight is 228 g/mol. The van der Waals surface area contributed by atoms with Gasteiger partial charge in [-0.15, -0.1) is 0 Å². The molecule has 0 aliphatic rings. The Hall–Kier alpha value is -2.03. The van der Waals surface area contributed by atoms with E-state index in [-0.39, 0.29) is 0 Å². The molecule has 0 unspecified atom stereocenters. The lowest BCUT2D eigenvalue weighted by molar-refractivity contribution is 0.321. The van der Waals surface area contributed by atoms with E-state index in [0.29, 0.717) is 6.61 Å². The number of nitrogen functional groups attached to an aromatic ring is 1. The van der Waals surface area contributed by atoms with Crippen LogP contribution in [0.2, 0.25) is 0 Å². The van der Waals surface area contributed by atoms with Crippen molar-refractivity contribution in [3.05, 3.63) is 53.9 Å². The second kappa shape index (κ2) is 5.34. The van der Waals surface area contributed by atoms with Gasteiger partial charge in [0.1, 0.15) is 5.75 Å². The first kappa shape index (κ1) is 11.5. The molecule has 2 aromatic rings. The Morgan fingerprint density at radius 1 is 1.24 bits per heavy atom. The Bertz CT molecular complexity index is 497. The fourth-order valence-electron chi connectivity index (χ4n) is 1.65. The summed E-state index contributed by atoms with van der Waals surface area (Å²) >= 11 is 0. The Kier molecular flexibility index (Phi) is 3.60. The average Bonchev–Trinajstić information content (AvgIpc) is 2.32. The van der Waals surface area contributed by atoms with Crippen molar-refractivity contribution in [2.45, 2.75) is 13.3 Å². The lowest BCUT2D eigenvalue weighted by Gasteiger charge is -2.08. The Labute approximate surface area is 101 Å². The van der Waals surface area contributed by atoms with Gasteiger partial charge in [0.25, 0.3) is 0 Å². The third-order valence-electron chi connectivity index (χ3n) is 2.56. The number of hydrogen-bond acceptors (Lipinski definition) is 3. The van der Waals surface area contributed by atoms with E-state index in [1.54, 1.807) is 6.20 Å². The molecule has 0 saturated heterocycles. The van der Waals surface area contributed by atoms with Crippen LogP contribution < -0.4 is 10.5 Å². The molecule has 0 aliphatic heterocycles. The number of hydrogen-bond donors (Lipinski definition) is 1. The van der Waals surface area contributed by atoms with E-state index in [9.17, 15) is 0 Å². The summed E-state index contributed by atoms with van der Waals surface area (Å²) in [5.41, 5.74) is 8.76. The van der Waals surface area contributed by atoms with Crippen molar-refractivity contribution in [2.75, 3.05) is 12.3 Å². The van der Waals surface area contributed by atoms with Crippen LogP contribution in [0.15, 0.2) is 42.6 Å². The Balaban J connectivity index is 1.90. The number of aromatic nitrogens is 1. The lowest BCUT2D eigenvalue weighted by atomic mass is 10.1. The van der Waals surface area contributed by atoms with E-state index in [0.717, 1.165) is 29.1 Å². The summed E-state index contributed by atoms with van der Waals surface area (Å²) in [6.07, 6.45) is 2.57. The monoisotopic (exact) mass is 228 g/mol. The Morgan fingerprint density at radius 3 is 2.82 bits per heavy atom. The normalized spacial score (nSPS) is 10.2. The highest BCUT2D eigenvalue weighted by Crippen LogP contribution is 2.13. The molecule has 1 aromatic heterocycles. The van der Waals surface area contributed by atoms with Crippen LogP contribution in [0.1, 0.15) is 11.3 Å². The van der Waals surface area contributed by atoms with Crippen molar-refractivity contribution in [2.24, 2.45) is 0 Å². The molecule has 0 atom stereocenters. The van der Waals surface area contributed by atoms with Crippen molar-refractivity contribution in [1.29, 1.82) is 0 Å². The predicted octanol–water partition coefficient (Wildman–Crippen LogP) is 2.59. The molecule has 3 nitrogen and oxygen atoms in total. The van der Waals surface area contributed by atoms with Crippen LogP contribution in [0, 0.1) is 6.92 Å².